The number of hydrogen-bond donors (Lipinski definition) is 0. The van der Waals surface area contributed by atoms with Gasteiger partial charge in [0.05, 0.1) is 12.8 Å². The largest absolute Gasteiger partial charge is 0.494 e. The van der Waals surface area contributed by atoms with Crippen LogP contribution in [0.2, 0.25) is 5.02 Å². The Hall–Kier alpha value is -2.06. The first kappa shape index (κ1) is 15.3. The van der Waals surface area contributed by atoms with Crippen molar-refractivity contribution in [2.75, 3.05) is 7.11 Å². The Morgan fingerprint density at radius 1 is 1.33 bits per heavy atom. The zero-order valence-corrected chi connectivity index (χ0v) is 13.5. The van der Waals surface area contributed by atoms with E-state index in [9.17, 15) is 5.26 Å². The Bertz CT molecular complexity index is 722. The van der Waals surface area contributed by atoms with Crippen molar-refractivity contribution in [1.29, 1.82) is 5.26 Å². The van der Waals surface area contributed by atoms with Crippen LogP contribution < -0.4 is 4.74 Å². The van der Waals surface area contributed by atoms with Crippen LogP contribution in [-0.4, -0.2) is 22.1 Å². The molecule has 2 rings (SSSR count). The molecule has 0 saturated carbocycles. The van der Waals surface area contributed by atoms with Gasteiger partial charge in [-0.05, 0) is 18.6 Å². The fourth-order valence-corrected chi connectivity index (χ4v) is 2.33. The highest BCUT2D eigenvalue weighted by Gasteiger charge is 2.27. The second kappa shape index (κ2) is 5.38. The van der Waals surface area contributed by atoms with E-state index >= 15 is 0 Å². The first-order valence-corrected chi connectivity index (χ1v) is 6.88. The van der Waals surface area contributed by atoms with Crippen LogP contribution in [0, 0.1) is 18.3 Å². The molecule has 2 aromatic rings. The van der Waals surface area contributed by atoms with Crippen LogP contribution in [0.1, 0.15) is 37.7 Å². The number of rotatable bonds is 2. The molecule has 1 aromatic carbocycles. The van der Waals surface area contributed by atoms with Gasteiger partial charge in [-0.3, -0.25) is 0 Å². The Morgan fingerprint density at radius 2 is 2.00 bits per heavy atom. The molecule has 0 aliphatic heterocycles. The molecule has 0 aliphatic rings. The molecule has 1 heterocycles. The standard InChI is InChI=1S/C15H17ClN4O/c1-9-6-12(13(21-5)7-10(9)16)20-14(15(2,3)4)11(8-17)18-19-20/h6-7H,1-5H3. The maximum Gasteiger partial charge on any atom is 0.186 e. The maximum absolute atomic E-state index is 9.25. The lowest BCUT2D eigenvalue weighted by atomic mass is 9.90. The summed E-state index contributed by atoms with van der Waals surface area (Å²) in [5, 5.41) is 18.0. The van der Waals surface area contributed by atoms with Gasteiger partial charge in [0.2, 0.25) is 0 Å². The highest BCUT2D eigenvalue weighted by atomic mass is 35.5. The summed E-state index contributed by atoms with van der Waals surface area (Å²) in [5.41, 5.74) is 2.40. The van der Waals surface area contributed by atoms with Crippen molar-refractivity contribution in [3.63, 3.8) is 0 Å². The summed E-state index contributed by atoms with van der Waals surface area (Å²) < 4.78 is 7.04. The van der Waals surface area contributed by atoms with Crippen molar-refractivity contribution in [3.05, 3.63) is 34.1 Å². The van der Waals surface area contributed by atoms with Gasteiger partial charge in [0, 0.05) is 16.5 Å². The van der Waals surface area contributed by atoms with Gasteiger partial charge in [-0.2, -0.15) is 5.26 Å². The molecule has 0 bridgehead atoms. The molecule has 0 atom stereocenters. The van der Waals surface area contributed by atoms with E-state index in [0.717, 1.165) is 16.9 Å². The van der Waals surface area contributed by atoms with E-state index in [4.69, 9.17) is 16.3 Å². The molecule has 0 amide bonds. The monoisotopic (exact) mass is 304 g/mol. The van der Waals surface area contributed by atoms with Crippen LogP contribution in [0.3, 0.4) is 0 Å². The fourth-order valence-electron chi connectivity index (χ4n) is 2.18. The van der Waals surface area contributed by atoms with Crippen LogP contribution in [0.15, 0.2) is 12.1 Å². The molecule has 6 heteroatoms. The van der Waals surface area contributed by atoms with Crippen molar-refractivity contribution in [2.24, 2.45) is 0 Å². The van der Waals surface area contributed by atoms with Gasteiger partial charge in [0.1, 0.15) is 17.5 Å². The molecule has 1 aromatic heterocycles. The number of nitriles is 1. The Labute approximate surface area is 129 Å². The lowest BCUT2D eigenvalue weighted by Crippen LogP contribution is -2.19. The minimum absolute atomic E-state index is 0.285. The van der Waals surface area contributed by atoms with Crippen molar-refractivity contribution < 1.29 is 4.74 Å². The Kier molecular flexibility index (Phi) is 3.93. The van der Waals surface area contributed by atoms with Crippen LogP contribution in [0.5, 0.6) is 5.75 Å². The normalized spacial score (nSPS) is 11.3. The second-order valence-corrected chi connectivity index (χ2v) is 6.24. The van der Waals surface area contributed by atoms with Crippen molar-refractivity contribution in [3.8, 4) is 17.5 Å². The zero-order chi connectivity index (χ0) is 15.8. The van der Waals surface area contributed by atoms with E-state index in [1.165, 1.54) is 0 Å². The van der Waals surface area contributed by atoms with Gasteiger partial charge < -0.3 is 4.74 Å². The minimum Gasteiger partial charge on any atom is -0.494 e. The fraction of sp³-hybridized carbons (Fsp3) is 0.400. The predicted octanol–water partition coefficient (Wildman–Crippen LogP) is 3.41. The molecule has 0 saturated heterocycles. The van der Waals surface area contributed by atoms with E-state index in [-0.39, 0.29) is 5.41 Å². The number of hydrogen-bond acceptors (Lipinski definition) is 4. The summed E-state index contributed by atoms with van der Waals surface area (Å²) in [6.45, 7) is 7.94. The van der Waals surface area contributed by atoms with Crippen LogP contribution >= 0.6 is 11.6 Å². The molecule has 0 spiro atoms. The molecule has 0 fully saturated rings. The van der Waals surface area contributed by atoms with E-state index < -0.39 is 0 Å². The first-order valence-electron chi connectivity index (χ1n) is 6.50. The molecule has 110 valence electrons. The van der Waals surface area contributed by atoms with E-state index in [2.05, 4.69) is 16.4 Å². The maximum atomic E-state index is 9.25. The van der Waals surface area contributed by atoms with Crippen molar-refractivity contribution >= 4 is 11.6 Å². The second-order valence-electron chi connectivity index (χ2n) is 5.83. The average molecular weight is 305 g/mol. The smallest absolute Gasteiger partial charge is 0.186 e. The quantitative estimate of drug-likeness (QED) is 0.853. The molecule has 0 aliphatic carbocycles. The van der Waals surface area contributed by atoms with Crippen LogP contribution in [-0.2, 0) is 5.41 Å². The summed E-state index contributed by atoms with van der Waals surface area (Å²) in [4.78, 5) is 0. The van der Waals surface area contributed by atoms with E-state index in [0.29, 0.717) is 16.5 Å². The topological polar surface area (TPSA) is 63.7 Å². The van der Waals surface area contributed by atoms with Gasteiger partial charge in [-0.1, -0.05) is 37.6 Å². The summed E-state index contributed by atoms with van der Waals surface area (Å²) in [6.07, 6.45) is 0. The van der Waals surface area contributed by atoms with E-state index in [1.807, 2.05) is 33.8 Å². The average Bonchev–Trinajstić information content (AvgIpc) is 2.85. The molecule has 0 N–H and O–H groups in total. The lowest BCUT2D eigenvalue weighted by Gasteiger charge is -2.21. The minimum atomic E-state index is -0.285. The summed E-state index contributed by atoms with van der Waals surface area (Å²) in [7, 11) is 1.57. The van der Waals surface area contributed by atoms with E-state index in [1.54, 1.807) is 17.9 Å². The summed E-state index contributed by atoms with van der Waals surface area (Å²) >= 11 is 6.14. The van der Waals surface area contributed by atoms with Gasteiger partial charge in [-0.25, -0.2) is 4.68 Å². The summed E-state index contributed by atoms with van der Waals surface area (Å²) in [5.74, 6) is 0.588. The van der Waals surface area contributed by atoms with Crippen LogP contribution in [0.4, 0.5) is 0 Å². The lowest BCUT2D eigenvalue weighted by molar-refractivity contribution is 0.409. The zero-order valence-electron chi connectivity index (χ0n) is 12.7. The molecule has 0 unspecified atom stereocenters. The molecular weight excluding hydrogens is 288 g/mol. The Morgan fingerprint density at radius 3 is 2.52 bits per heavy atom. The number of aryl methyl sites for hydroxylation is 1. The Balaban J connectivity index is 2.77. The number of ether oxygens (including phenoxy) is 1. The first-order chi connectivity index (χ1) is 9.79. The predicted molar refractivity (Wildman–Crippen MR) is 81.1 cm³/mol. The SMILES string of the molecule is COc1cc(Cl)c(C)cc1-n1nnc(C#N)c1C(C)(C)C. The third kappa shape index (κ3) is 2.72. The molecular formula is C15H17ClN4O. The highest BCUT2D eigenvalue weighted by molar-refractivity contribution is 6.31. The third-order valence-electron chi connectivity index (χ3n) is 3.17. The number of nitrogens with zero attached hydrogens (tertiary/aromatic N) is 4. The third-order valence-corrected chi connectivity index (χ3v) is 3.58. The number of halogens is 1. The number of methoxy groups -OCH3 is 1. The molecule has 0 radical (unpaired) electrons. The van der Waals surface area contributed by atoms with Gasteiger partial charge >= 0.3 is 0 Å². The van der Waals surface area contributed by atoms with Gasteiger partial charge in [0.25, 0.3) is 0 Å². The molecule has 21 heavy (non-hydrogen) atoms. The van der Waals surface area contributed by atoms with Crippen molar-refractivity contribution in [2.45, 2.75) is 33.1 Å². The molecule has 5 nitrogen and oxygen atoms in total. The number of aromatic nitrogens is 3. The number of benzene rings is 1. The van der Waals surface area contributed by atoms with Crippen LogP contribution in [0.25, 0.3) is 5.69 Å². The van der Waals surface area contributed by atoms with Gasteiger partial charge in [-0.15, -0.1) is 5.10 Å². The van der Waals surface area contributed by atoms with Crippen molar-refractivity contribution in [1.82, 2.24) is 15.0 Å². The summed E-state index contributed by atoms with van der Waals surface area (Å²) in [6, 6.07) is 5.72. The highest BCUT2D eigenvalue weighted by Crippen LogP contribution is 2.33. The van der Waals surface area contributed by atoms with Gasteiger partial charge in [0.15, 0.2) is 5.69 Å².